The molecule has 0 fully saturated rings. The van der Waals surface area contributed by atoms with E-state index in [0.29, 0.717) is 6.42 Å². The third kappa shape index (κ3) is 7.50. The zero-order valence-corrected chi connectivity index (χ0v) is 11.6. The molecule has 0 heterocycles. The van der Waals surface area contributed by atoms with E-state index < -0.39 is 5.97 Å². The van der Waals surface area contributed by atoms with Crippen molar-refractivity contribution in [2.75, 3.05) is 5.73 Å². The minimum atomic E-state index is -0.680. The number of carboxylic acids is 1. The van der Waals surface area contributed by atoms with Gasteiger partial charge < -0.3 is 10.8 Å². The normalized spacial score (nSPS) is 10.5. The Balaban J connectivity index is 1.94. The first-order chi connectivity index (χ1) is 9.20. The summed E-state index contributed by atoms with van der Waals surface area (Å²) in [4.78, 5) is 10.3. The van der Waals surface area contributed by atoms with Crippen LogP contribution in [0.25, 0.3) is 0 Å². The topological polar surface area (TPSA) is 63.3 Å². The highest BCUT2D eigenvalue weighted by Crippen LogP contribution is 2.15. The monoisotopic (exact) mass is 263 g/mol. The van der Waals surface area contributed by atoms with E-state index in [-0.39, 0.29) is 0 Å². The Kier molecular flexibility index (Phi) is 7.71. The molecule has 1 aromatic rings. The number of nitrogens with two attached hydrogens (primary N) is 1. The number of unbranched alkanes of at least 4 members (excludes halogenated alkanes) is 6. The summed E-state index contributed by atoms with van der Waals surface area (Å²) >= 11 is 0. The maximum Gasteiger partial charge on any atom is 0.303 e. The Morgan fingerprint density at radius 2 is 1.53 bits per heavy atom. The molecule has 1 aromatic carbocycles. The highest BCUT2D eigenvalue weighted by atomic mass is 16.4. The Hall–Kier alpha value is -1.51. The van der Waals surface area contributed by atoms with Gasteiger partial charge in [-0.1, -0.05) is 50.3 Å². The van der Waals surface area contributed by atoms with Crippen LogP contribution >= 0.6 is 0 Å². The lowest BCUT2D eigenvalue weighted by molar-refractivity contribution is -0.137. The first kappa shape index (κ1) is 15.5. The van der Waals surface area contributed by atoms with E-state index in [4.69, 9.17) is 10.8 Å². The molecule has 1 rings (SSSR count). The molecule has 0 aliphatic rings. The second-order valence-electron chi connectivity index (χ2n) is 5.07. The van der Waals surface area contributed by atoms with Crippen LogP contribution in [0.15, 0.2) is 24.3 Å². The van der Waals surface area contributed by atoms with Crippen molar-refractivity contribution in [2.24, 2.45) is 0 Å². The smallest absolute Gasteiger partial charge is 0.303 e. The number of hydrogen-bond acceptors (Lipinski definition) is 2. The van der Waals surface area contributed by atoms with Gasteiger partial charge in [0, 0.05) is 12.1 Å². The summed E-state index contributed by atoms with van der Waals surface area (Å²) in [6, 6.07) is 8.06. The molecule has 0 aliphatic carbocycles. The molecule has 0 atom stereocenters. The molecule has 0 amide bonds. The number of para-hydroxylation sites is 1. The third-order valence-corrected chi connectivity index (χ3v) is 3.39. The molecule has 0 bridgehead atoms. The second-order valence-corrected chi connectivity index (χ2v) is 5.07. The van der Waals surface area contributed by atoms with Crippen LogP contribution in [0.4, 0.5) is 5.69 Å². The van der Waals surface area contributed by atoms with Crippen LogP contribution in [0, 0.1) is 0 Å². The van der Waals surface area contributed by atoms with E-state index >= 15 is 0 Å². The van der Waals surface area contributed by atoms with Crippen LogP contribution in [-0.2, 0) is 11.2 Å². The Bertz CT molecular complexity index is 377. The fourth-order valence-corrected chi connectivity index (χ4v) is 2.24. The minimum Gasteiger partial charge on any atom is -0.481 e. The van der Waals surface area contributed by atoms with Gasteiger partial charge in [0.15, 0.2) is 0 Å². The average molecular weight is 263 g/mol. The summed E-state index contributed by atoms with van der Waals surface area (Å²) in [7, 11) is 0. The van der Waals surface area contributed by atoms with Gasteiger partial charge in [0.1, 0.15) is 0 Å². The number of rotatable bonds is 10. The molecule has 19 heavy (non-hydrogen) atoms. The van der Waals surface area contributed by atoms with Gasteiger partial charge >= 0.3 is 5.97 Å². The van der Waals surface area contributed by atoms with Gasteiger partial charge in [0.05, 0.1) is 0 Å². The first-order valence-electron chi connectivity index (χ1n) is 7.25. The van der Waals surface area contributed by atoms with Gasteiger partial charge in [-0.05, 0) is 30.9 Å². The molecule has 3 N–H and O–H groups in total. The van der Waals surface area contributed by atoms with Gasteiger partial charge in [0.2, 0.25) is 0 Å². The van der Waals surface area contributed by atoms with Crippen molar-refractivity contribution in [1.82, 2.24) is 0 Å². The van der Waals surface area contributed by atoms with Gasteiger partial charge in [0.25, 0.3) is 0 Å². The van der Waals surface area contributed by atoms with Gasteiger partial charge in [-0.25, -0.2) is 0 Å². The lowest BCUT2D eigenvalue weighted by Crippen LogP contribution is -1.94. The van der Waals surface area contributed by atoms with Gasteiger partial charge in [-0.15, -0.1) is 0 Å². The summed E-state index contributed by atoms with van der Waals surface area (Å²) in [5, 5.41) is 8.51. The number of aliphatic carboxylic acids is 1. The predicted octanol–water partition coefficient (Wildman–Crippen LogP) is 4.02. The molecule has 0 aliphatic heterocycles. The molecule has 3 heteroatoms. The Morgan fingerprint density at radius 3 is 2.16 bits per heavy atom. The molecule has 0 saturated heterocycles. The highest BCUT2D eigenvalue weighted by molar-refractivity contribution is 5.66. The zero-order valence-electron chi connectivity index (χ0n) is 11.6. The number of anilines is 1. The molecule has 0 radical (unpaired) electrons. The molecule has 0 unspecified atom stereocenters. The van der Waals surface area contributed by atoms with Crippen LogP contribution in [-0.4, -0.2) is 11.1 Å². The molecular formula is C16H25NO2. The minimum absolute atomic E-state index is 0.313. The average Bonchev–Trinajstić information content (AvgIpc) is 2.38. The fraction of sp³-hybridized carbons (Fsp3) is 0.562. The zero-order chi connectivity index (χ0) is 13.9. The van der Waals surface area contributed by atoms with Gasteiger partial charge in [-0.2, -0.15) is 0 Å². The number of carboxylic acid groups (broad SMARTS) is 1. The summed E-state index contributed by atoms with van der Waals surface area (Å²) in [6.07, 6.45) is 9.24. The molecule has 0 aromatic heterocycles. The second kappa shape index (κ2) is 9.42. The number of carbonyl (C=O) groups is 1. The molecule has 0 saturated carbocycles. The molecule has 0 spiro atoms. The number of aryl methyl sites for hydroxylation is 1. The van der Waals surface area contributed by atoms with E-state index in [9.17, 15) is 4.79 Å². The lowest BCUT2D eigenvalue weighted by atomic mass is 10.0. The van der Waals surface area contributed by atoms with E-state index in [2.05, 4.69) is 6.07 Å². The first-order valence-corrected chi connectivity index (χ1v) is 7.25. The van der Waals surface area contributed by atoms with E-state index in [1.807, 2.05) is 18.2 Å². The maximum absolute atomic E-state index is 10.3. The SMILES string of the molecule is Nc1ccccc1CCCCCCCCCC(=O)O. The summed E-state index contributed by atoms with van der Waals surface area (Å²) in [5.41, 5.74) is 8.05. The van der Waals surface area contributed by atoms with E-state index in [0.717, 1.165) is 31.4 Å². The Morgan fingerprint density at radius 1 is 0.947 bits per heavy atom. The van der Waals surface area contributed by atoms with Crippen LogP contribution in [0.1, 0.15) is 56.9 Å². The van der Waals surface area contributed by atoms with Crippen molar-refractivity contribution in [3.8, 4) is 0 Å². The standard InChI is InChI=1S/C16H25NO2/c17-15-12-9-8-11-14(15)10-6-4-2-1-3-5-7-13-16(18)19/h8-9,11-12H,1-7,10,13,17H2,(H,18,19). The molecule has 3 nitrogen and oxygen atoms in total. The largest absolute Gasteiger partial charge is 0.481 e. The quantitative estimate of drug-likeness (QED) is 0.495. The number of hydrogen-bond donors (Lipinski definition) is 2. The van der Waals surface area contributed by atoms with E-state index in [1.54, 1.807) is 0 Å². The summed E-state index contributed by atoms with van der Waals surface area (Å²) in [5.74, 6) is -0.680. The third-order valence-electron chi connectivity index (χ3n) is 3.39. The van der Waals surface area contributed by atoms with Gasteiger partial charge in [-0.3, -0.25) is 4.79 Å². The lowest BCUT2D eigenvalue weighted by Gasteiger charge is -2.05. The molecular weight excluding hydrogens is 238 g/mol. The number of nitrogen functional groups attached to an aromatic ring is 1. The van der Waals surface area contributed by atoms with Crippen molar-refractivity contribution < 1.29 is 9.90 Å². The van der Waals surface area contributed by atoms with Crippen molar-refractivity contribution in [3.05, 3.63) is 29.8 Å². The molecule has 106 valence electrons. The van der Waals surface area contributed by atoms with Crippen LogP contribution in [0.5, 0.6) is 0 Å². The highest BCUT2D eigenvalue weighted by Gasteiger charge is 1.99. The summed E-state index contributed by atoms with van der Waals surface area (Å²) < 4.78 is 0. The van der Waals surface area contributed by atoms with E-state index in [1.165, 1.54) is 31.2 Å². The van der Waals surface area contributed by atoms with Crippen LogP contribution in [0.2, 0.25) is 0 Å². The summed E-state index contributed by atoms with van der Waals surface area (Å²) in [6.45, 7) is 0. The van der Waals surface area contributed by atoms with Crippen molar-refractivity contribution in [2.45, 2.75) is 57.8 Å². The predicted molar refractivity (Wildman–Crippen MR) is 79.1 cm³/mol. The number of benzene rings is 1. The Labute approximate surface area is 115 Å². The fourth-order valence-electron chi connectivity index (χ4n) is 2.24. The van der Waals surface area contributed by atoms with Crippen LogP contribution < -0.4 is 5.73 Å². The van der Waals surface area contributed by atoms with Crippen LogP contribution in [0.3, 0.4) is 0 Å². The maximum atomic E-state index is 10.3. The van der Waals surface area contributed by atoms with Crippen molar-refractivity contribution in [3.63, 3.8) is 0 Å². The van der Waals surface area contributed by atoms with Crippen molar-refractivity contribution >= 4 is 11.7 Å². The van der Waals surface area contributed by atoms with Crippen molar-refractivity contribution in [1.29, 1.82) is 0 Å².